The summed E-state index contributed by atoms with van der Waals surface area (Å²) in [7, 11) is 0. The van der Waals surface area contributed by atoms with Crippen LogP contribution in [-0.4, -0.2) is 16.9 Å². The number of Topliss-reactive ketones (excluding diaryl/α,β-unsaturated/α-hetero) is 1. The molecule has 0 radical (unpaired) electrons. The fourth-order valence-electron chi connectivity index (χ4n) is 3.14. The maximum atomic E-state index is 12.6. The van der Waals surface area contributed by atoms with Crippen LogP contribution in [0.3, 0.4) is 0 Å². The van der Waals surface area contributed by atoms with E-state index in [2.05, 4.69) is 0 Å². The van der Waals surface area contributed by atoms with E-state index in [4.69, 9.17) is 5.73 Å². The summed E-state index contributed by atoms with van der Waals surface area (Å²) >= 11 is 0. The van der Waals surface area contributed by atoms with E-state index in [1.165, 1.54) is 0 Å². The third-order valence-electron chi connectivity index (χ3n) is 4.81. The quantitative estimate of drug-likeness (QED) is 0.535. The topological polar surface area (TPSA) is 80.4 Å². The van der Waals surface area contributed by atoms with Crippen LogP contribution in [0, 0.1) is 5.41 Å². The molecule has 0 aromatic heterocycles. The molecule has 2 rings (SSSR count). The predicted octanol–water partition coefficient (Wildman–Crippen LogP) is 4.79. The number of nitrogens with two attached hydrogens (primary N) is 1. The van der Waals surface area contributed by atoms with Crippen molar-refractivity contribution >= 4 is 17.4 Å². The molecule has 0 fully saturated rings. The molecule has 0 spiro atoms. The molecule has 3 N–H and O–H groups in total. The zero-order valence-electron chi connectivity index (χ0n) is 14.8. The van der Waals surface area contributed by atoms with E-state index in [9.17, 15) is 14.7 Å². The van der Waals surface area contributed by atoms with Gasteiger partial charge in [-0.2, -0.15) is 0 Å². The van der Waals surface area contributed by atoms with Crippen molar-refractivity contribution in [3.8, 4) is 11.1 Å². The number of aliphatic carboxylic acids is 1. The highest BCUT2D eigenvalue weighted by Crippen LogP contribution is 2.34. The van der Waals surface area contributed by atoms with Crippen LogP contribution in [0.2, 0.25) is 0 Å². The molecule has 0 amide bonds. The van der Waals surface area contributed by atoms with Gasteiger partial charge in [-0.3, -0.25) is 9.59 Å². The molecule has 1 atom stereocenters. The van der Waals surface area contributed by atoms with Crippen molar-refractivity contribution in [2.45, 2.75) is 39.5 Å². The Kier molecular flexibility index (Phi) is 5.97. The zero-order chi connectivity index (χ0) is 18.4. The fourth-order valence-corrected chi connectivity index (χ4v) is 3.14. The first kappa shape index (κ1) is 18.7. The number of anilines is 1. The SMILES string of the molecule is CCCC(CC)(CC(=O)c1ccc(-c2ccc(N)cc2)cc1)C(=O)O. The summed E-state index contributed by atoms with van der Waals surface area (Å²) in [4.78, 5) is 24.3. The van der Waals surface area contributed by atoms with Crippen LogP contribution in [0.15, 0.2) is 48.5 Å². The molecule has 1 unspecified atom stereocenters. The highest BCUT2D eigenvalue weighted by atomic mass is 16.4. The average molecular weight is 339 g/mol. The van der Waals surface area contributed by atoms with E-state index in [0.29, 0.717) is 24.1 Å². The Labute approximate surface area is 148 Å². The van der Waals surface area contributed by atoms with Crippen LogP contribution in [0.5, 0.6) is 0 Å². The lowest BCUT2D eigenvalue weighted by molar-refractivity contribution is -0.149. The lowest BCUT2D eigenvalue weighted by Crippen LogP contribution is -2.33. The van der Waals surface area contributed by atoms with Gasteiger partial charge in [-0.25, -0.2) is 0 Å². The summed E-state index contributed by atoms with van der Waals surface area (Å²) < 4.78 is 0. The van der Waals surface area contributed by atoms with Crippen LogP contribution in [0.25, 0.3) is 11.1 Å². The van der Waals surface area contributed by atoms with Crippen molar-refractivity contribution in [1.82, 2.24) is 0 Å². The maximum absolute atomic E-state index is 12.6. The Hall–Kier alpha value is -2.62. The number of benzene rings is 2. The number of carboxylic acids is 1. The number of ketones is 1. The number of carbonyl (C=O) groups excluding carboxylic acids is 1. The zero-order valence-corrected chi connectivity index (χ0v) is 14.8. The van der Waals surface area contributed by atoms with Crippen molar-refractivity contribution in [2.75, 3.05) is 5.73 Å². The van der Waals surface area contributed by atoms with E-state index in [1.54, 1.807) is 12.1 Å². The largest absolute Gasteiger partial charge is 0.481 e. The first-order valence-corrected chi connectivity index (χ1v) is 8.64. The second kappa shape index (κ2) is 7.97. The second-order valence-electron chi connectivity index (χ2n) is 6.49. The fraction of sp³-hybridized carbons (Fsp3) is 0.333. The van der Waals surface area contributed by atoms with E-state index in [0.717, 1.165) is 17.5 Å². The van der Waals surface area contributed by atoms with Crippen LogP contribution in [0.4, 0.5) is 5.69 Å². The number of carboxylic acid groups (broad SMARTS) is 1. The summed E-state index contributed by atoms with van der Waals surface area (Å²) in [6.07, 6.45) is 1.73. The van der Waals surface area contributed by atoms with E-state index < -0.39 is 11.4 Å². The summed E-state index contributed by atoms with van der Waals surface area (Å²) in [6.45, 7) is 3.78. The molecule has 25 heavy (non-hydrogen) atoms. The van der Waals surface area contributed by atoms with Crippen molar-refractivity contribution < 1.29 is 14.7 Å². The Bertz CT molecular complexity index is 735. The molecule has 0 aliphatic rings. The van der Waals surface area contributed by atoms with Crippen LogP contribution in [-0.2, 0) is 4.79 Å². The standard InChI is InChI=1S/C21H25NO3/c1-3-13-21(4-2,20(24)25)14-19(23)17-7-5-15(6-8-17)16-9-11-18(22)12-10-16/h5-12H,3-4,13-14,22H2,1-2H3,(H,24,25). The molecule has 4 nitrogen and oxygen atoms in total. The highest BCUT2D eigenvalue weighted by molar-refractivity contribution is 5.99. The average Bonchev–Trinajstić information content (AvgIpc) is 2.61. The number of carbonyl (C=O) groups is 2. The third-order valence-corrected chi connectivity index (χ3v) is 4.81. The molecular weight excluding hydrogens is 314 g/mol. The lowest BCUT2D eigenvalue weighted by Gasteiger charge is -2.27. The summed E-state index contributed by atoms with van der Waals surface area (Å²) in [6, 6.07) is 14.8. The second-order valence-corrected chi connectivity index (χ2v) is 6.49. The lowest BCUT2D eigenvalue weighted by atomic mass is 9.75. The van der Waals surface area contributed by atoms with Gasteiger partial charge in [0.1, 0.15) is 0 Å². The van der Waals surface area contributed by atoms with Gasteiger partial charge in [-0.15, -0.1) is 0 Å². The van der Waals surface area contributed by atoms with Gasteiger partial charge in [0.2, 0.25) is 0 Å². The van der Waals surface area contributed by atoms with E-state index in [1.807, 2.05) is 50.2 Å². The number of hydrogen-bond acceptors (Lipinski definition) is 3. The summed E-state index contributed by atoms with van der Waals surface area (Å²) in [5.41, 5.74) is 7.99. The Balaban J connectivity index is 2.19. The van der Waals surface area contributed by atoms with Gasteiger partial charge >= 0.3 is 5.97 Å². The molecular formula is C21H25NO3. The molecule has 0 heterocycles. The minimum absolute atomic E-state index is 0.0356. The Morgan fingerprint density at radius 1 is 0.960 bits per heavy atom. The van der Waals surface area contributed by atoms with Crippen molar-refractivity contribution in [1.29, 1.82) is 0 Å². The van der Waals surface area contributed by atoms with Gasteiger partial charge in [0.15, 0.2) is 5.78 Å². The molecule has 0 saturated heterocycles. The normalized spacial score (nSPS) is 13.2. The van der Waals surface area contributed by atoms with Gasteiger partial charge in [-0.1, -0.05) is 56.7 Å². The molecule has 0 saturated carbocycles. The highest BCUT2D eigenvalue weighted by Gasteiger charge is 2.38. The van der Waals surface area contributed by atoms with Crippen molar-refractivity contribution in [3.05, 3.63) is 54.1 Å². The van der Waals surface area contributed by atoms with Crippen molar-refractivity contribution in [3.63, 3.8) is 0 Å². The third kappa shape index (κ3) is 4.27. The molecule has 2 aromatic carbocycles. The van der Waals surface area contributed by atoms with Crippen molar-refractivity contribution in [2.24, 2.45) is 5.41 Å². The smallest absolute Gasteiger partial charge is 0.310 e. The molecule has 132 valence electrons. The molecule has 2 aromatic rings. The minimum atomic E-state index is -0.971. The number of hydrogen-bond donors (Lipinski definition) is 2. The minimum Gasteiger partial charge on any atom is -0.481 e. The molecule has 4 heteroatoms. The Morgan fingerprint density at radius 2 is 1.48 bits per heavy atom. The summed E-state index contributed by atoms with van der Waals surface area (Å²) in [5.74, 6) is -1.01. The number of rotatable bonds is 8. The number of nitrogen functional groups attached to an aromatic ring is 1. The van der Waals surface area contributed by atoms with Gasteiger partial charge < -0.3 is 10.8 Å². The van der Waals surface area contributed by atoms with E-state index in [-0.39, 0.29) is 12.2 Å². The maximum Gasteiger partial charge on any atom is 0.310 e. The molecule has 0 aliphatic heterocycles. The molecule has 0 bridgehead atoms. The molecule has 0 aliphatic carbocycles. The first-order valence-electron chi connectivity index (χ1n) is 8.64. The predicted molar refractivity (Wildman–Crippen MR) is 101 cm³/mol. The van der Waals surface area contributed by atoms with Gasteiger partial charge in [0.05, 0.1) is 5.41 Å². The van der Waals surface area contributed by atoms with Gasteiger partial charge in [0, 0.05) is 17.7 Å². The van der Waals surface area contributed by atoms with Gasteiger partial charge in [0.25, 0.3) is 0 Å². The van der Waals surface area contributed by atoms with Crippen LogP contribution < -0.4 is 5.73 Å². The Morgan fingerprint density at radius 3 is 1.92 bits per heavy atom. The van der Waals surface area contributed by atoms with Gasteiger partial charge in [-0.05, 0) is 36.1 Å². The monoisotopic (exact) mass is 339 g/mol. The van der Waals surface area contributed by atoms with Crippen LogP contribution in [0.1, 0.15) is 49.9 Å². The summed E-state index contributed by atoms with van der Waals surface area (Å²) in [5, 5.41) is 9.60. The first-order chi connectivity index (χ1) is 11.9. The van der Waals surface area contributed by atoms with E-state index >= 15 is 0 Å². The van der Waals surface area contributed by atoms with Crippen LogP contribution >= 0.6 is 0 Å².